The van der Waals surface area contributed by atoms with Crippen molar-refractivity contribution in [1.82, 2.24) is 5.32 Å². The normalized spacial score (nSPS) is 12.0. The van der Waals surface area contributed by atoms with Crippen molar-refractivity contribution >= 4 is 40.7 Å². The lowest BCUT2D eigenvalue weighted by molar-refractivity contribution is 0.0937. The van der Waals surface area contributed by atoms with E-state index in [0.29, 0.717) is 15.1 Å². The maximum absolute atomic E-state index is 12.2. The number of amides is 1. The van der Waals surface area contributed by atoms with Crippen LogP contribution in [-0.4, -0.2) is 11.0 Å². The molecule has 0 bridgehead atoms. The lowest BCUT2D eigenvalue weighted by Gasteiger charge is -2.16. The fraction of sp³-hybridized carbons (Fsp3) is 0.133. The molecule has 2 aromatic carbocycles. The van der Waals surface area contributed by atoms with Gasteiger partial charge >= 0.3 is 0 Å². The predicted molar refractivity (Wildman–Crippen MR) is 85.5 cm³/mol. The number of hydrogen-bond donors (Lipinski definition) is 2. The second kappa shape index (κ2) is 6.56. The summed E-state index contributed by atoms with van der Waals surface area (Å²) < 4.78 is 0. The Bertz CT molecular complexity index is 689. The summed E-state index contributed by atoms with van der Waals surface area (Å²) in [5.41, 5.74) is 0.843. The van der Waals surface area contributed by atoms with E-state index in [1.165, 1.54) is 18.2 Å². The van der Waals surface area contributed by atoms with Gasteiger partial charge in [-0.2, -0.15) is 0 Å². The number of phenolic OH excluding ortho intramolecular Hbond substituents is 1. The standard InChI is InChI=1S/C15H12Cl3NO2/c1-8(11-4-2-10(17)7-13(11)18)19-15(21)12-6-9(16)3-5-14(12)20/h2-8,20H,1H3,(H,19,21). The highest BCUT2D eigenvalue weighted by atomic mass is 35.5. The lowest BCUT2D eigenvalue weighted by atomic mass is 10.1. The molecule has 1 unspecified atom stereocenters. The molecule has 1 atom stereocenters. The van der Waals surface area contributed by atoms with Crippen LogP contribution >= 0.6 is 34.8 Å². The van der Waals surface area contributed by atoms with Crippen LogP contribution in [0.3, 0.4) is 0 Å². The molecule has 6 heteroatoms. The van der Waals surface area contributed by atoms with Crippen molar-refractivity contribution in [2.45, 2.75) is 13.0 Å². The third-order valence-corrected chi connectivity index (χ3v) is 3.78. The van der Waals surface area contributed by atoms with Gasteiger partial charge in [-0.25, -0.2) is 0 Å². The Kier molecular flexibility index (Phi) is 4.99. The second-order valence-corrected chi connectivity index (χ2v) is 5.80. The summed E-state index contributed by atoms with van der Waals surface area (Å²) in [4.78, 5) is 12.2. The molecule has 3 nitrogen and oxygen atoms in total. The Morgan fingerprint density at radius 3 is 2.38 bits per heavy atom. The average molecular weight is 345 g/mol. The van der Waals surface area contributed by atoms with Gasteiger partial charge in [0.25, 0.3) is 5.91 Å². The zero-order valence-electron chi connectivity index (χ0n) is 11.0. The molecule has 0 fully saturated rings. The van der Waals surface area contributed by atoms with E-state index >= 15 is 0 Å². The van der Waals surface area contributed by atoms with Crippen LogP contribution < -0.4 is 5.32 Å². The highest BCUT2D eigenvalue weighted by molar-refractivity contribution is 6.35. The molecule has 21 heavy (non-hydrogen) atoms. The molecule has 2 aromatic rings. The number of carbonyl (C=O) groups is 1. The zero-order valence-corrected chi connectivity index (χ0v) is 13.3. The molecule has 0 saturated carbocycles. The van der Waals surface area contributed by atoms with Crippen molar-refractivity contribution in [2.24, 2.45) is 0 Å². The summed E-state index contributed by atoms with van der Waals surface area (Å²) in [5.74, 6) is -0.570. The Balaban J connectivity index is 2.20. The largest absolute Gasteiger partial charge is 0.507 e. The van der Waals surface area contributed by atoms with Crippen molar-refractivity contribution in [3.63, 3.8) is 0 Å². The van der Waals surface area contributed by atoms with E-state index in [0.717, 1.165) is 5.56 Å². The zero-order chi connectivity index (χ0) is 15.6. The van der Waals surface area contributed by atoms with Crippen molar-refractivity contribution in [3.8, 4) is 5.75 Å². The van der Waals surface area contributed by atoms with Crippen molar-refractivity contribution < 1.29 is 9.90 Å². The maximum atomic E-state index is 12.2. The van der Waals surface area contributed by atoms with Gasteiger partial charge in [0.15, 0.2) is 0 Å². The summed E-state index contributed by atoms with van der Waals surface area (Å²) in [7, 11) is 0. The summed E-state index contributed by atoms with van der Waals surface area (Å²) in [6, 6.07) is 8.99. The summed E-state index contributed by atoms with van der Waals surface area (Å²) in [6.45, 7) is 1.79. The molecular formula is C15H12Cl3NO2. The minimum Gasteiger partial charge on any atom is -0.507 e. The van der Waals surface area contributed by atoms with Crippen LogP contribution in [0.15, 0.2) is 36.4 Å². The first-order valence-electron chi connectivity index (χ1n) is 6.13. The van der Waals surface area contributed by atoms with E-state index in [2.05, 4.69) is 5.32 Å². The Hall–Kier alpha value is -1.42. The minimum atomic E-state index is -0.437. The SMILES string of the molecule is CC(NC(=O)c1cc(Cl)ccc1O)c1ccc(Cl)cc1Cl. The smallest absolute Gasteiger partial charge is 0.255 e. The molecule has 0 saturated heterocycles. The van der Waals surface area contributed by atoms with E-state index < -0.39 is 5.91 Å². The molecule has 0 spiro atoms. The van der Waals surface area contributed by atoms with Gasteiger partial charge in [-0.3, -0.25) is 4.79 Å². The topological polar surface area (TPSA) is 49.3 Å². The minimum absolute atomic E-state index is 0.111. The van der Waals surface area contributed by atoms with Gasteiger partial charge in [0.05, 0.1) is 11.6 Å². The Labute approximate surface area is 137 Å². The van der Waals surface area contributed by atoms with Crippen LogP contribution in [0.5, 0.6) is 5.75 Å². The van der Waals surface area contributed by atoms with E-state index in [4.69, 9.17) is 34.8 Å². The molecule has 0 aliphatic heterocycles. The van der Waals surface area contributed by atoms with E-state index in [-0.39, 0.29) is 17.4 Å². The quantitative estimate of drug-likeness (QED) is 0.836. The van der Waals surface area contributed by atoms with Crippen LogP contribution in [0.25, 0.3) is 0 Å². The predicted octanol–water partition coefficient (Wildman–Crippen LogP) is 4.84. The highest BCUT2D eigenvalue weighted by Gasteiger charge is 2.17. The fourth-order valence-corrected chi connectivity index (χ4v) is 2.64. The first kappa shape index (κ1) is 16.0. The molecule has 2 N–H and O–H groups in total. The van der Waals surface area contributed by atoms with Crippen LogP contribution in [0.2, 0.25) is 15.1 Å². The van der Waals surface area contributed by atoms with Gasteiger partial charge < -0.3 is 10.4 Å². The summed E-state index contributed by atoms with van der Waals surface area (Å²) in [6.07, 6.45) is 0. The summed E-state index contributed by atoms with van der Waals surface area (Å²) >= 11 is 17.8. The molecule has 2 rings (SSSR count). The van der Waals surface area contributed by atoms with Crippen molar-refractivity contribution in [3.05, 3.63) is 62.6 Å². The number of aromatic hydroxyl groups is 1. The number of phenols is 1. The average Bonchev–Trinajstić information content (AvgIpc) is 2.41. The molecule has 0 radical (unpaired) electrons. The van der Waals surface area contributed by atoms with Crippen LogP contribution in [-0.2, 0) is 0 Å². The van der Waals surface area contributed by atoms with Gasteiger partial charge in [0.1, 0.15) is 5.75 Å². The summed E-state index contributed by atoms with van der Waals surface area (Å²) in [5, 5.41) is 13.8. The fourth-order valence-electron chi connectivity index (χ4n) is 1.89. The molecular weight excluding hydrogens is 333 g/mol. The molecule has 0 aromatic heterocycles. The number of benzene rings is 2. The molecule has 110 valence electrons. The highest BCUT2D eigenvalue weighted by Crippen LogP contribution is 2.27. The lowest BCUT2D eigenvalue weighted by Crippen LogP contribution is -2.26. The number of rotatable bonds is 3. The van der Waals surface area contributed by atoms with Gasteiger partial charge in [0, 0.05) is 15.1 Å². The third kappa shape index (κ3) is 3.82. The second-order valence-electron chi connectivity index (χ2n) is 4.52. The third-order valence-electron chi connectivity index (χ3n) is 2.98. The maximum Gasteiger partial charge on any atom is 0.255 e. The Morgan fingerprint density at radius 2 is 1.71 bits per heavy atom. The van der Waals surface area contributed by atoms with Crippen molar-refractivity contribution in [2.75, 3.05) is 0 Å². The number of nitrogens with one attached hydrogen (secondary N) is 1. The monoisotopic (exact) mass is 343 g/mol. The number of halogens is 3. The molecule has 0 heterocycles. The number of hydrogen-bond acceptors (Lipinski definition) is 2. The first-order chi connectivity index (χ1) is 9.88. The van der Waals surface area contributed by atoms with Crippen LogP contribution in [0, 0.1) is 0 Å². The van der Waals surface area contributed by atoms with Gasteiger partial charge in [0.2, 0.25) is 0 Å². The van der Waals surface area contributed by atoms with Gasteiger partial charge in [-0.1, -0.05) is 40.9 Å². The van der Waals surface area contributed by atoms with Gasteiger partial charge in [-0.05, 0) is 42.8 Å². The molecule has 0 aliphatic carbocycles. The van der Waals surface area contributed by atoms with Crippen molar-refractivity contribution in [1.29, 1.82) is 0 Å². The van der Waals surface area contributed by atoms with Crippen LogP contribution in [0.1, 0.15) is 28.9 Å². The van der Waals surface area contributed by atoms with E-state index in [1.807, 2.05) is 0 Å². The number of carbonyl (C=O) groups excluding carboxylic acids is 1. The molecule has 0 aliphatic rings. The van der Waals surface area contributed by atoms with E-state index in [9.17, 15) is 9.90 Å². The van der Waals surface area contributed by atoms with E-state index in [1.54, 1.807) is 25.1 Å². The van der Waals surface area contributed by atoms with Crippen LogP contribution in [0.4, 0.5) is 0 Å². The molecule has 1 amide bonds. The Morgan fingerprint density at radius 1 is 1.10 bits per heavy atom. The van der Waals surface area contributed by atoms with Gasteiger partial charge in [-0.15, -0.1) is 0 Å². The first-order valence-corrected chi connectivity index (χ1v) is 7.26.